The fourth-order valence-electron chi connectivity index (χ4n) is 19.4. The van der Waals surface area contributed by atoms with Gasteiger partial charge in [-0.15, -0.1) is 0 Å². The highest BCUT2D eigenvalue weighted by Gasteiger charge is 2.23. The molecule has 135 heavy (non-hydrogen) atoms. The van der Waals surface area contributed by atoms with Crippen LogP contribution in [0.5, 0.6) is 0 Å². The first-order valence-corrected chi connectivity index (χ1v) is 45.4. The van der Waals surface area contributed by atoms with E-state index in [1.165, 1.54) is 98.1 Å². The van der Waals surface area contributed by atoms with Gasteiger partial charge in [-0.1, -0.05) is 261 Å². The fourth-order valence-corrected chi connectivity index (χ4v) is 19.4. The normalized spacial score (nSPS) is 11.6. The van der Waals surface area contributed by atoms with Crippen molar-refractivity contribution in [2.24, 2.45) is 0 Å². The van der Waals surface area contributed by atoms with Crippen molar-refractivity contribution in [3.05, 3.63) is 492 Å². The molecular weight excluding hydrogens is 1650 g/mol. The molecule has 0 spiro atoms. The molecule has 0 aliphatic rings. The van der Waals surface area contributed by atoms with Gasteiger partial charge in [-0.3, -0.25) is 4.57 Å². The molecule has 9 aromatic heterocycles. The number of aromatic nitrogens is 13. The van der Waals surface area contributed by atoms with Gasteiger partial charge in [-0.05, 0) is 212 Å². The third-order valence-electron chi connectivity index (χ3n) is 25.8. The van der Waals surface area contributed by atoms with Crippen molar-refractivity contribution in [2.75, 3.05) is 0 Å². The summed E-state index contributed by atoms with van der Waals surface area (Å²) in [5, 5.41) is 11.0. The summed E-state index contributed by atoms with van der Waals surface area (Å²) in [6, 6.07) is 166. The lowest BCUT2D eigenvalue weighted by Crippen LogP contribution is -2.00. The van der Waals surface area contributed by atoms with Gasteiger partial charge in [0.1, 0.15) is 5.82 Å². The van der Waals surface area contributed by atoms with E-state index < -0.39 is 0 Å². The first-order valence-electron chi connectivity index (χ1n) is 45.4. The molecule has 18 aromatic carbocycles. The van der Waals surface area contributed by atoms with Crippen molar-refractivity contribution in [3.63, 3.8) is 0 Å². The highest BCUT2D eigenvalue weighted by Crippen LogP contribution is 2.43. The molecule has 0 aliphatic carbocycles. The van der Waals surface area contributed by atoms with E-state index in [0.29, 0.717) is 23.3 Å². The molecule has 13 heteroatoms. The van der Waals surface area contributed by atoms with Crippen molar-refractivity contribution < 1.29 is 0 Å². The maximum atomic E-state index is 5.07. The minimum Gasteiger partial charge on any atom is -0.317 e. The van der Waals surface area contributed by atoms with Gasteiger partial charge in [0.25, 0.3) is 0 Å². The van der Waals surface area contributed by atoms with Gasteiger partial charge < -0.3 is 27.4 Å². The van der Waals surface area contributed by atoms with Crippen molar-refractivity contribution in [2.45, 2.75) is 0 Å². The van der Waals surface area contributed by atoms with Crippen LogP contribution in [0.4, 0.5) is 0 Å². The summed E-state index contributed by atoms with van der Waals surface area (Å²) in [6.45, 7) is 0. The summed E-state index contributed by atoms with van der Waals surface area (Å²) in [6.07, 6.45) is 6.48. The number of nitrogens with zero attached hydrogens (tertiary/aromatic N) is 13. The molecule has 0 atom stereocenters. The summed E-state index contributed by atoms with van der Waals surface area (Å²) < 4.78 is 16.2. The third-order valence-corrected chi connectivity index (χ3v) is 25.8. The number of rotatable bonds is 14. The zero-order valence-corrected chi connectivity index (χ0v) is 73.1. The highest BCUT2D eigenvalue weighted by atomic mass is 15.1. The molecule has 0 amide bonds. The third kappa shape index (κ3) is 14.3. The second kappa shape index (κ2) is 33.6. The van der Waals surface area contributed by atoms with Crippen LogP contribution in [0.3, 0.4) is 0 Å². The Hall–Kier alpha value is -18.5. The number of fused-ring (bicyclic) bond motifs is 13. The Morgan fingerprint density at radius 2 is 0.415 bits per heavy atom. The summed E-state index contributed by atoms with van der Waals surface area (Å²) in [5.41, 5.74) is 29.5. The van der Waals surface area contributed by atoms with Crippen LogP contribution in [-0.4, -0.2) is 61.9 Å². The van der Waals surface area contributed by atoms with Gasteiger partial charge >= 0.3 is 0 Å². The second-order valence-electron chi connectivity index (χ2n) is 33.9. The van der Waals surface area contributed by atoms with E-state index in [0.717, 1.165) is 107 Å². The van der Waals surface area contributed by atoms with Crippen LogP contribution in [0, 0.1) is 0 Å². The minimum atomic E-state index is 0.644. The van der Waals surface area contributed by atoms with Gasteiger partial charge in [0, 0.05) is 146 Å². The predicted molar refractivity (Wildman–Crippen MR) is 554 cm³/mol. The summed E-state index contributed by atoms with van der Waals surface area (Å²) in [7, 11) is 0. The van der Waals surface area contributed by atoms with Crippen LogP contribution in [0.25, 0.3) is 228 Å². The lowest BCUT2D eigenvalue weighted by molar-refractivity contribution is 1.07. The van der Waals surface area contributed by atoms with Crippen molar-refractivity contribution in [3.8, 4) is 119 Å². The van der Waals surface area contributed by atoms with Gasteiger partial charge in [-0.25, -0.2) is 29.9 Å². The second-order valence-corrected chi connectivity index (χ2v) is 33.9. The fraction of sp³-hybridized carbons (Fsp3) is 0. The molecule has 9 heterocycles. The number of para-hydroxylation sites is 9. The molecule has 0 saturated heterocycles. The number of hydrogen-bond donors (Lipinski definition) is 0. The lowest BCUT2D eigenvalue weighted by atomic mass is 10.1. The van der Waals surface area contributed by atoms with E-state index in [1.807, 2.05) is 109 Å². The molecule has 0 radical (unpaired) electrons. The molecule has 13 nitrogen and oxygen atoms in total. The van der Waals surface area contributed by atoms with Gasteiger partial charge in [0.2, 0.25) is 0 Å². The van der Waals surface area contributed by atoms with Crippen LogP contribution >= 0.6 is 0 Å². The van der Waals surface area contributed by atoms with Gasteiger partial charge in [0.05, 0.1) is 72.1 Å². The lowest BCUT2D eigenvalue weighted by Gasteiger charge is -2.12. The number of benzene rings is 18. The Balaban J connectivity index is 0.000000108. The van der Waals surface area contributed by atoms with Crippen molar-refractivity contribution in [1.82, 2.24) is 61.9 Å². The first kappa shape index (κ1) is 78.8. The van der Waals surface area contributed by atoms with Crippen LogP contribution in [-0.2, 0) is 0 Å². The molecule has 0 aliphatic heterocycles. The topological polar surface area (TPSA) is 112 Å². The average molecular weight is 1730 g/mol. The average Bonchev–Trinajstić information content (AvgIpc) is 1.58. The Labute approximate surface area is 776 Å². The Morgan fingerprint density at radius 1 is 0.148 bits per heavy atom. The van der Waals surface area contributed by atoms with Crippen LogP contribution < -0.4 is 0 Å². The maximum Gasteiger partial charge on any atom is 0.164 e. The Morgan fingerprint density at radius 3 is 0.763 bits per heavy atom. The van der Waals surface area contributed by atoms with E-state index in [1.54, 1.807) is 0 Å². The zero-order chi connectivity index (χ0) is 89.2. The number of imidazole rings is 1. The maximum absolute atomic E-state index is 5.07. The standard InChI is InChI=1S/C42H28N4.C41H27N5.C39H26N4/c1-4-12-29(13-5-1)37-28-38(30-14-6-2-7-15-30)44-42(43-37)31-20-22-34(23-21-31)46-39-19-11-10-18-35(39)36-27-40-32(26-41(36)46)24-25-45(40)33-16-8-3-9-17-33;1-4-12-28(13-5-1)39-42-40(29-14-6-2-7-15-29)44-41(43-39)30-20-22-33(23-21-30)46-36-19-11-10-18-34(36)35-27-37-31(26-38(35)46)24-25-45(37)32-16-8-3-9-17-32;1-3-11-29(12-4-1)41-24-23-28-25-38-33(26-37(28)41)32-15-7-9-17-35(32)42(38)31-21-19-27(20-22-31)39-40-34-16-8-10-18-36(34)43(39)30-13-5-2-6-14-30/h1-28H;1-27H;1-26H. The molecule has 0 saturated carbocycles. The monoisotopic (exact) mass is 1730 g/mol. The van der Waals surface area contributed by atoms with E-state index in [9.17, 15) is 0 Å². The molecule has 634 valence electrons. The quantitative estimate of drug-likeness (QED) is 0.107. The van der Waals surface area contributed by atoms with Crippen molar-refractivity contribution >= 4 is 109 Å². The summed E-state index contributed by atoms with van der Waals surface area (Å²) in [5.74, 6) is 3.60. The van der Waals surface area contributed by atoms with Gasteiger partial charge in [-0.2, -0.15) is 0 Å². The predicted octanol–water partition coefficient (Wildman–Crippen LogP) is 30.2. The Kier molecular flexibility index (Phi) is 19.6. The Bertz CT molecular complexity index is 8630. The molecule has 0 bridgehead atoms. The first-order chi connectivity index (χ1) is 66.9. The molecule has 27 rings (SSSR count). The van der Waals surface area contributed by atoms with E-state index in [-0.39, 0.29) is 0 Å². The summed E-state index contributed by atoms with van der Waals surface area (Å²) >= 11 is 0. The minimum absolute atomic E-state index is 0.644. The zero-order valence-electron chi connectivity index (χ0n) is 73.1. The molecule has 27 aromatic rings. The van der Waals surface area contributed by atoms with E-state index >= 15 is 0 Å². The largest absolute Gasteiger partial charge is 0.317 e. The summed E-state index contributed by atoms with van der Waals surface area (Å²) in [4.78, 5) is 29.8. The molecule has 0 unspecified atom stereocenters. The molecule has 0 N–H and O–H groups in total. The van der Waals surface area contributed by atoms with Crippen LogP contribution in [0.2, 0.25) is 0 Å². The number of hydrogen-bond acceptors (Lipinski definition) is 6. The highest BCUT2D eigenvalue weighted by molar-refractivity contribution is 6.16. The van der Waals surface area contributed by atoms with Crippen LogP contribution in [0.15, 0.2) is 492 Å². The van der Waals surface area contributed by atoms with Crippen molar-refractivity contribution in [1.29, 1.82) is 0 Å². The SMILES string of the molecule is c1ccc(-c2cc(-c3ccccc3)nc(-c3ccc(-n4c5ccccc5c5cc6c(ccn6-c6ccccc6)cc54)cc3)n2)cc1.c1ccc(-c2nc(-c3ccccc3)nc(-c3ccc(-n4c5ccccc5c5cc6c(ccn6-c6ccccc6)cc54)cc3)n2)cc1.c1ccc(-n2ccc3cc4c(cc32)c2ccccc2n4-c2ccc(-c3nc4ccccc4n3-c3ccccc3)cc2)cc1. The molecular formula is C122H81N13. The van der Waals surface area contributed by atoms with Crippen LogP contribution in [0.1, 0.15) is 0 Å². The van der Waals surface area contributed by atoms with E-state index in [4.69, 9.17) is 29.9 Å². The smallest absolute Gasteiger partial charge is 0.164 e. The molecule has 0 fully saturated rings. The van der Waals surface area contributed by atoms with E-state index in [2.05, 4.69) is 415 Å². The van der Waals surface area contributed by atoms with Gasteiger partial charge in [0.15, 0.2) is 23.3 Å².